The van der Waals surface area contributed by atoms with Crippen LogP contribution in [0.25, 0.3) is 0 Å². The van der Waals surface area contributed by atoms with Gasteiger partial charge in [0.25, 0.3) is 5.91 Å². The predicted octanol–water partition coefficient (Wildman–Crippen LogP) is 3.35. The van der Waals surface area contributed by atoms with Crippen molar-refractivity contribution >= 4 is 35.4 Å². The number of anilines is 2. The van der Waals surface area contributed by atoms with Gasteiger partial charge in [-0.15, -0.1) is 0 Å². The Morgan fingerprint density at radius 3 is 2.87 bits per heavy atom. The molecule has 0 bridgehead atoms. The molecule has 1 aromatic heterocycles. The molecule has 8 nitrogen and oxygen atoms in total. The van der Waals surface area contributed by atoms with E-state index in [0.29, 0.717) is 23.8 Å². The number of pyridine rings is 1. The molecule has 2 aliphatic rings. The van der Waals surface area contributed by atoms with Crippen molar-refractivity contribution in [2.45, 2.75) is 37.6 Å². The molecule has 1 amide bonds. The first-order valence-electron chi connectivity index (χ1n) is 10.4. The first-order valence-corrected chi connectivity index (χ1v) is 11.2. The number of amidine groups is 1. The van der Waals surface area contributed by atoms with Gasteiger partial charge in [0.05, 0.1) is 28.9 Å². The molecule has 1 fully saturated rings. The quantitative estimate of drug-likeness (QED) is 0.592. The highest BCUT2D eigenvalue weighted by Gasteiger charge is 2.35. The van der Waals surface area contributed by atoms with Gasteiger partial charge in [0.1, 0.15) is 24.0 Å². The van der Waals surface area contributed by atoms with Gasteiger partial charge in [-0.2, -0.15) is 4.40 Å². The highest BCUT2D eigenvalue weighted by molar-refractivity contribution is 7.99. The molecule has 4 rings (SSSR count). The molecule has 0 saturated heterocycles. The number of hydrogen-bond acceptors (Lipinski definition) is 8. The molecule has 1 aromatic carbocycles. The standard InChI is InChI=1S/C22H28N6O2S/c1-28(2)18-13-15(9-12-24-18)21(29)25-22(10-4-3-5-11-22)14-30-17-8-6-7-16-19(17)20(23)27-31-26-16/h6-9,12-13,26H,3-5,10-11,14H2,1-2H3,(H2,23,27)(H,25,29). The second-order valence-electron chi connectivity index (χ2n) is 8.23. The number of carbonyl (C=O) groups is 1. The zero-order valence-electron chi connectivity index (χ0n) is 17.9. The zero-order valence-corrected chi connectivity index (χ0v) is 18.7. The van der Waals surface area contributed by atoms with Crippen molar-refractivity contribution in [3.63, 3.8) is 0 Å². The van der Waals surface area contributed by atoms with E-state index in [1.165, 1.54) is 18.6 Å². The lowest BCUT2D eigenvalue weighted by Crippen LogP contribution is -2.54. The molecule has 1 aliphatic heterocycles. The Bertz CT molecular complexity index is 988. The molecule has 1 saturated carbocycles. The summed E-state index contributed by atoms with van der Waals surface area (Å²) in [5.74, 6) is 1.75. The van der Waals surface area contributed by atoms with Crippen LogP contribution in [0.15, 0.2) is 40.9 Å². The normalized spacial score (nSPS) is 17.0. The molecule has 2 aromatic rings. The van der Waals surface area contributed by atoms with E-state index in [1.54, 1.807) is 18.3 Å². The number of ether oxygens (including phenoxy) is 1. The van der Waals surface area contributed by atoms with E-state index in [9.17, 15) is 4.79 Å². The van der Waals surface area contributed by atoms with E-state index < -0.39 is 5.54 Å². The average molecular weight is 441 g/mol. The number of hydrogen-bond donors (Lipinski definition) is 3. The van der Waals surface area contributed by atoms with Crippen molar-refractivity contribution in [3.8, 4) is 5.75 Å². The number of amides is 1. The Morgan fingerprint density at radius 2 is 2.10 bits per heavy atom. The van der Waals surface area contributed by atoms with Gasteiger partial charge in [0.15, 0.2) is 0 Å². The van der Waals surface area contributed by atoms with Gasteiger partial charge < -0.3 is 25.4 Å². The monoisotopic (exact) mass is 440 g/mol. The lowest BCUT2D eigenvalue weighted by molar-refractivity contribution is 0.0789. The lowest BCUT2D eigenvalue weighted by Gasteiger charge is -2.38. The van der Waals surface area contributed by atoms with Crippen molar-refractivity contribution in [1.82, 2.24) is 10.3 Å². The van der Waals surface area contributed by atoms with Crippen LogP contribution >= 0.6 is 12.1 Å². The van der Waals surface area contributed by atoms with Gasteiger partial charge in [-0.05, 0) is 37.1 Å². The van der Waals surface area contributed by atoms with Crippen LogP contribution in [0.1, 0.15) is 48.0 Å². The zero-order chi connectivity index (χ0) is 21.8. The maximum atomic E-state index is 13.1. The van der Waals surface area contributed by atoms with Crippen LogP contribution in [0.2, 0.25) is 0 Å². The van der Waals surface area contributed by atoms with Crippen LogP contribution in [0.4, 0.5) is 11.5 Å². The van der Waals surface area contributed by atoms with Gasteiger partial charge in [-0.1, -0.05) is 25.3 Å². The van der Waals surface area contributed by atoms with Crippen molar-refractivity contribution in [3.05, 3.63) is 47.7 Å². The van der Waals surface area contributed by atoms with Gasteiger partial charge >= 0.3 is 0 Å². The van der Waals surface area contributed by atoms with Crippen LogP contribution in [-0.4, -0.2) is 43.0 Å². The fraction of sp³-hybridized carbons (Fsp3) is 0.409. The molecule has 0 unspecified atom stereocenters. The summed E-state index contributed by atoms with van der Waals surface area (Å²) in [6, 6.07) is 9.31. The topological polar surface area (TPSA) is 105 Å². The summed E-state index contributed by atoms with van der Waals surface area (Å²) in [7, 11) is 3.81. The third kappa shape index (κ3) is 4.71. The minimum Gasteiger partial charge on any atom is -0.490 e. The molecule has 2 heterocycles. The molecular formula is C22H28N6O2S. The Labute approximate surface area is 186 Å². The summed E-state index contributed by atoms with van der Waals surface area (Å²) in [5.41, 5.74) is 7.93. The number of nitrogens with one attached hydrogen (secondary N) is 2. The lowest BCUT2D eigenvalue weighted by atomic mass is 9.82. The van der Waals surface area contributed by atoms with Crippen LogP contribution in [0.5, 0.6) is 5.75 Å². The van der Waals surface area contributed by atoms with E-state index in [0.717, 1.165) is 42.8 Å². The SMILES string of the molecule is CN(C)c1cc(C(=O)NC2(COc3cccc4c3C(N)=NSN4)CCCCC2)ccn1. The highest BCUT2D eigenvalue weighted by atomic mass is 32.2. The van der Waals surface area contributed by atoms with Crippen LogP contribution in [0, 0.1) is 0 Å². The van der Waals surface area contributed by atoms with Crippen molar-refractivity contribution < 1.29 is 9.53 Å². The Kier molecular flexibility index (Phi) is 6.22. The summed E-state index contributed by atoms with van der Waals surface area (Å²) >= 11 is 1.20. The number of nitrogens with two attached hydrogens (primary N) is 1. The molecular weight excluding hydrogens is 412 g/mol. The Balaban J connectivity index is 1.54. The average Bonchev–Trinajstić information content (AvgIpc) is 2.78. The van der Waals surface area contributed by atoms with Crippen molar-refractivity contribution in [2.75, 3.05) is 30.3 Å². The molecule has 164 valence electrons. The molecule has 31 heavy (non-hydrogen) atoms. The molecule has 0 atom stereocenters. The van der Waals surface area contributed by atoms with Crippen molar-refractivity contribution in [1.29, 1.82) is 0 Å². The maximum Gasteiger partial charge on any atom is 0.252 e. The highest BCUT2D eigenvalue weighted by Crippen LogP contribution is 2.34. The minimum atomic E-state index is -0.428. The fourth-order valence-electron chi connectivity index (χ4n) is 4.03. The number of aromatic nitrogens is 1. The van der Waals surface area contributed by atoms with Crippen LogP contribution in [-0.2, 0) is 0 Å². The van der Waals surface area contributed by atoms with Gasteiger partial charge in [-0.25, -0.2) is 4.98 Å². The second kappa shape index (κ2) is 9.05. The van der Waals surface area contributed by atoms with E-state index in [1.807, 2.05) is 37.2 Å². The first-order chi connectivity index (χ1) is 15.0. The fourth-order valence-corrected chi connectivity index (χ4v) is 4.54. The van der Waals surface area contributed by atoms with Crippen LogP contribution < -0.4 is 25.4 Å². The van der Waals surface area contributed by atoms with Crippen molar-refractivity contribution in [2.24, 2.45) is 10.1 Å². The number of rotatable bonds is 6. The number of nitrogens with zero attached hydrogens (tertiary/aromatic N) is 3. The van der Waals surface area contributed by atoms with Gasteiger partial charge in [0.2, 0.25) is 0 Å². The number of fused-ring (bicyclic) bond motifs is 1. The van der Waals surface area contributed by atoms with E-state index in [-0.39, 0.29) is 5.91 Å². The maximum absolute atomic E-state index is 13.1. The summed E-state index contributed by atoms with van der Waals surface area (Å²) < 4.78 is 13.6. The predicted molar refractivity (Wildman–Crippen MR) is 126 cm³/mol. The molecule has 0 radical (unpaired) electrons. The van der Waals surface area contributed by atoms with Crippen LogP contribution in [0.3, 0.4) is 0 Å². The molecule has 1 aliphatic carbocycles. The second-order valence-corrected chi connectivity index (χ2v) is 8.80. The Hall–Kier alpha value is -2.94. The molecule has 0 spiro atoms. The number of benzene rings is 1. The molecule has 4 N–H and O–H groups in total. The summed E-state index contributed by atoms with van der Waals surface area (Å²) in [5, 5.41) is 3.28. The number of carbonyl (C=O) groups excluding carboxylic acids is 1. The van der Waals surface area contributed by atoms with Gasteiger partial charge in [0, 0.05) is 25.9 Å². The largest absolute Gasteiger partial charge is 0.490 e. The third-order valence-corrected chi connectivity index (χ3v) is 6.34. The molecule has 9 heteroatoms. The van der Waals surface area contributed by atoms with E-state index in [2.05, 4.69) is 19.4 Å². The summed E-state index contributed by atoms with van der Waals surface area (Å²) in [6.45, 7) is 0.376. The van der Waals surface area contributed by atoms with E-state index in [4.69, 9.17) is 10.5 Å². The Morgan fingerprint density at radius 1 is 1.29 bits per heavy atom. The smallest absolute Gasteiger partial charge is 0.252 e. The first kappa shape index (κ1) is 21.3. The third-order valence-electron chi connectivity index (χ3n) is 5.74. The minimum absolute atomic E-state index is 0.106. The van der Waals surface area contributed by atoms with E-state index >= 15 is 0 Å². The van der Waals surface area contributed by atoms with Gasteiger partial charge in [-0.3, -0.25) is 4.79 Å². The summed E-state index contributed by atoms with van der Waals surface area (Å²) in [6.07, 6.45) is 6.68. The summed E-state index contributed by atoms with van der Waals surface area (Å²) in [4.78, 5) is 19.3.